The Morgan fingerprint density at radius 2 is 0.791 bits per heavy atom. The lowest BCUT2D eigenvalue weighted by atomic mass is 9.91. The van der Waals surface area contributed by atoms with E-state index in [4.69, 9.17) is 80.8 Å². The molecule has 6 atom stereocenters. The van der Waals surface area contributed by atoms with Crippen molar-refractivity contribution >= 4 is 116 Å². The predicted molar refractivity (Wildman–Crippen MR) is 347 cm³/mol. The minimum Gasteiger partial charge on any atom is -0.365 e. The summed E-state index contributed by atoms with van der Waals surface area (Å²) in [6, 6.07) is 13.9. The van der Waals surface area contributed by atoms with E-state index in [2.05, 4.69) is 92.4 Å². The summed E-state index contributed by atoms with van der Waals surface area (Å²) >= 11 is 25.3. The van der Waals surface area contributed by atoms with Gasteiger partial charge in [0.15, 0.2) is 0 Å². The van der Waals surface area contributed by atoms with Crippen molar-refractivity contribution in [2.75, 3.05) is 31.9 Å². The van der Waals surface area contributed by atoms with Crippen LogP contribution in [0.4, 0.5) is 52.4 Å². The molecule has 0 bridgehead atoms. The van der Waals surface area contributed by atoms with Crippen molar-refractivity contribution in [3.63, 3.8) is 0 Å². The Balaban J connectivity index is 0.000000150. The van der Waals surface area contributed by atoms with Crippen LogP contribution in [0.1, 0.15) is 108 Å². The molecule has 474 valence electrons. The normalized spacial score (nSPS) is 18.7. The van der Waals surface area contributed by atoms with E-state index in [1.54, 1.807) is 73.3 Å². The molecule has 9 aromatic rings. The largest absolute Gasteiger partial charge is 0.365 e. The summed E-state index contributed by atoms with van der Waals surface area (Å²) in [4.78, 5) is 66.0. The number of nitrogens with one attached hydrogen (secondary N) is 6. The molecular formula is C57H65Cl4N27O3. The van der Waals surface area contributed by atoms with Crippen LogP contribution in [0.15, 0.2) is 104 Å². The number of carbonyl (C=O) groups excluding carboxylic acids is 3. The van der Waals surface area contributed by atoms with Crippen LogP contribution in [0.3, 0.4) is 0 Å². The van der Waals surface area contributed by atoms with Crippen LogP contribution in [-0.2, 0) is 0 Å². The van der Waals surface area contributed by atoms with E-state index < -0.39 is 17.7 Å². The molecule has 0 aliphatic heterocycles. The number of hydrogen-bond acceptors (Lipinski definition) is 24. The summed E-state index contributed by atoms with van der Waals surface area (Å²) < 4.78 is 0. The van der Waals surface area contributed by atoms with Gasteiger partial charge >= 0.3 is 0 Å². The number of nitrogens with two attached hydrogens (primary N) is 6. The summed E-state index contributed by atoms with van der Waals surface area (Å²) in [6.07, 6.45) is 25.8. The molecule has 6 heterocycles. The lowest BCUT2D eigenvalue weighted by Gasteiger charge is -2.29. The zero-order valence-corrected chi connectivity index (χ0v) is 51.7. The van der Waals surface area contributed by atoms with Gasteiger partial charge in [-0.05, 0) is 87.1 Å². The van der Waals surface area contributed by atoms with E-state index in [1.807, 2.05) is 0 Å². The first kappa shape index (κ1) is 64.6. The number of nitrogens with zero attached hydrogens (tertiary/aromatic N) is 15. The van der Waals surface area contributed by atoms with Crippen LogP contribution >= 0.6 is 46.4 Å². The van der Waals surface area contributed by atoms with Gasteiger partial charge in [0.25, 0.3) is 17.7 Å². The Bertz CT molecular complexity index is 3980. The van der Waals surface area contributed by atoms with Gasteiger partial charge in [-0.1, -0.05) is 84.9 Å². The Labute approximate surface area is 540 Å². The summed E-state index contributed by atoms with van der Waals surface area (Å²) in [5.74, 6) is -0.142. The topological polar surface area (TPSA) is 449 Å². The maximum atomic E-state index is 11.9. The van der Waals surface area contributed by atoms with Gasteiger partial charge in [0.05, 0.1) is 74.3 Å². The number of carbonyl (C=O) groups is 3. The number of rotatable bonds is 18. The molecule has 0 radical (unpaired) electrons. The molecule has 0 spiro atoms. The van der Waals surface area contributed by atoms with E-state index >= 15 is 0 Å². The molecule has 0 saturated heterocycles. The van der Waals surface area contributed by atoms with Crippen LogP contribution in [0.25, 0.3) is 17.1 Å². The second-order valence-corrected chi connectivity index (χ2v) is 23.1. The molecule has 12 rings (SSSR count). The number of halogens is 4. The van der Waals surface area contributed by atoms with Gasteiger partial charge in [-0.15, -0.1) is 0 Å². The smallest absolute Gasteiger partial charge is 0.254 e. The van der Waals surface area contributed by atoms with Crippen molar-refractivity contribution in [2.24, 2.45) is 34.4 Å². The first-order valence-electron chi connectivity index (χ1n) is 29.0. The van der Waals surface area contributed by atoms with Gasteiger partial charge in [0, 0.05) is 60.5 Å². The fourth-order valence-corrected chi connectivity index (χ4v) is 11.2. The van der Waals surface area contributed by atoms with Gasteiger partial charge in [-0.2, -0.15) is 59.9 Å². The Hall–Kier alpha value is -9.43. The number of amides is 3. The Morgan fingerprint density at radius 1 is 0.418 bits per heavy atom. The maximum absolute atomic E-state index is 11.9. The molecule has 3 amide bonds. The highest BCUT2D eigenvalue weighted by Gasteiger charge is 2.27. The highest BCUT2D eigenvalue weighted by molar-refractivity contribution is 6.37. The lowest BCUT2D eigenvalue weighted by molar-refractivity contribution is 0.0992. The third-order valence-electron chi connectivity index (χ3n) is 15.2. The molecule has 34 heteroatoms. The van der Waals surface area contributed by atoms with Crippen LogP contribution in [0.2, 0.25) is 20.1 Å². The second-order valence-electron chi connectivity index (χ2n) is 21.5. The minimum atomic E-state index is -0.678. The zero-order valence-electron chi connectivity index (χ0n) is 48.7. The predicted octanol–water partition coefficient (Wildman–Crippen LogP) is 7.36. The van der Waals surface area contributed by atoms with Crippen LogP contribution in [0.5, 0.6) is 0 Å². The van der Waals surface area contributed by atoms with Crippen molar-refractivity contribution < 1.29 is 14.4 Å². The summed E-state index contributed by atoms with van der Waals surface area (Å²) in [5, 5.41) is 45.3. The SMILES string of the molecule is NC(=O)c1cnc(N[C@@H]2CCCC[C@@H]2N)nc1Nc1cc(-n2nccn2)c(Cl)cc1Cl.NC(=O)c1cnc(N[C@@H]2CCCC[C@@H]2N)nc1Nc1cc(-n2nccn2)ccc1Cl.NC(=O)c1cnc(N[C@@H]2CCCC[C@@H]2N)nc1Nc1ccc(Cl)c(-n2nccn2)c1. The quantitative estimate of drug-likeness (QED) is 0.0399. The first-order valence-corrected chi connectivity index (χ1v) is 30.5. The third kappa shape index (κ3) is 16.5. The molecule has 0 unspecified atom stereocenters. The number of aromatic nitrogens is 15. The summed E-state index contributed by atoms with van der Waals surface area (Å²) in [6.45, 7) is 0. The maximum Gasteiger partial charge on any atom is 0.254 e. The van der Waals surface area contributed by atoms with Gasteiger partial charge in [0.2, 0.25) is 17.8 Å². The number of benzene rings is 3. The molecule has 3 saturated carbocycles. The van der Waals surface area contributed by atoms with Gasteiger partial charge in [-0.25, -0.2) is 15.0 Å². The molecule has 3 fully saturated rings. The van der Waals surface area contributed by atoms with E-state index in [0.29, 0.717) is 72.1 Å². The van der Waals surface area contributed by atoms with E-state index in [1.165, 1.54) is 45.4 Å². The fourth-order valence-electron chi connectivity index (χ4n) is 10.4. The van der Waals surface area contributed by atoms with Crippen molar-refractivity contribution in [2.45, 2.75) is 113 Å². The standard InChI is InChI=1S/C19H21Cl2N9O.2C19H22ClN9O/c20-11-7-12(21)16(30-25-5-6-26-30)8-15(11)27-18-10(17(23)31)9-24-19(29-18)28-14-4-2-1-3-13(14)22;20-13-6-5-11(29-24-7-8-25-29)9-16(13)26-18-12(17(22)30)10-23-19(28-18)27-15-4-2-1-3-14(15)21;20-13-6-5-11(9-16(13)29-24-7-8-25-29)26-18-12(17(22)30)10-23-19(28-18)27-15-4-2-1-3-14(15)21/h5-9,13-14H,1-4,22H2,(H2,23,31)(H2,24,27,28,29);2*5-10,14-15H,1-4,21H2,(H2,22,30)(H2,23,26,27,28)/t13-,14+;2*14-,15+/m000/s1. The van der Waals surface area contributed by atoms with E-state index in [9.17, 15) is 14.4 Å². The average molecular weight is 1320 g/mol. The summed E-state index contributed by atoms with van der Waals surface area (Å²) in [7, 11) is 0. The van der Waals surface area contributed by atoms with Crippen molar-refractivity contribution in [1.29, 1.82) is 0 Å². The molecule has 3 aliphatic carbocycles. The molecular weight excluding hydrogens is 1250 g/mol. The number of anilines is 9. The molecule has 18 N–H and O–H groups in total. The number of primary amides is 3. The fraction of sp³-hybridized carbons (Fsp3) is 0.316. The molecule has 3 aromatic carbocycles. The zero-order chi connectivity index (χ0) is 64.1. The number of hydrogen-bond donors (Lipinski definition) is 12. The van der Waals surface area contributed by atoms with E-state index in [0.717, 1.165) is 77.0 Å². The Morgan fingerprint density at radius 3 is 1.21 bits per heavy atom. The molecule has 3 aliphatic rings. The second kappa shape index (κ2) is 29.9. The monoisotopic (exact) mass is 1320 g/mol. The van der Waals surface area contributed by atoms with Gasteiger partial charge < -0.3 is 66.3 Å². The molecule has 30 nitrogen and oxygen atoms in total. The van der Waals surface area contributed by atoms with E-state index in [-0.39, 0.29) is 70.4 Å². The van der Waals surface area contributed by atoms with Crippen molar-refractivity contribution in [3.8, 4) is 17.1 Å². The minimum absolute atomic E-state index is 0.0133. The van der Waals surface area contributed by atoms with Crippen LogP contribution in [-0.4, -0.2) is 129 Å². The van der Waals surface area contributed by atoms with Gasteiger partial charge in [-0.3, -0.25) is 14.4 Å². The van der Waals surface area contributed by atoms with Crippen molar-refractivity contribution in [1.82, 2.24) is 74.9 Å². The summed E-state index contributed by atoms with van der Waals surface area (Å²) in [5.41, 5.74) is 39.0. The van der Waals surface area contributed by atoms with Crippen LogP contribution < -0.4 is 66.3 Å². The van der Waals surface area contributed by atoms with Crippen molar-refractivity contribution in [3.05, 3.63) is 141 Å². The Kier molecular flexibility index (Phi) is 21.2. The molecule has 91 heavy (non-hydrogen) atoms. The average Bonchev–Trinajstić information content (AvgIpc) is 3.04. The lowest BCUT2D eigenvalue weighted by Crippen LogP contribution is -2.43. The van der Waals surface area contributed by atoms with Gasteiger partial charge in [0.1, 0.15) is 45.5 Å². The molecule has 6 aromatic heterocycles. The highest BCUT2D eigenvalue weighted by atomic mass is 35.5. The highest BCUT2D eigenvalue weighted by Crippen LogP contribution is 2.35. The van der Waals surface area contributed by atoms with Crippen LogP contribution in [0, 0.1) is 0 Å². The third-order valence-corrected chi connectivity index (χ3v) is 16.4. The first-order chi connectivity index (χ1) is 43.9.